The maximum Gasteiger partial charge on any atom is 0.306 e. The van der Waals surface area contributed by atoms with Gasteiger partial charge in [0.15, 0.2) is 6.61 Å². The zero-order valence-electron chi connectivity index (χ0n) is 12.7. The molecule has 1 aromatic carbocycles. The third kappa shape index (κ3) is 3.68. The molecule has 23 heavy (non-hydrogen) atoms. The molecular formula is C17H19F2NO3. The molecule has 3 atom stereocenters. The van der Waals surface area contributed by atoms with Crippen LogP contribution in [0.2, 0.25) is 0 Å². The van der Waals surface area contributed by atoms with Gasteiger partial charge in [-0.15, -0.1) is 0 Å². The lowest BCUT2D eigenvalue weighted by Gasteiger charge is -2.20. The zero-order chi connectivity index (χ0) is 16.4. The van der Waals surface area contributed by atoms with Gasteiger partial charge in [0.25, 0.3) is 5.91 Å². The molecule has 0 spiro atoms. The van der Waals surface area contributed by atoms with E-state index in [4.69, 9.17) is 4.74 Å². The zero-order valence-corrected chi connectivity index (χ0v) is 12.7. The molecule has 2 aliphatic rings. The highest BCUT2D eigenvalue weighted by Crippen LogP contribution is 2.49. The molecule has 3 rings (SSSR count). The minimum absolute atomic E-state index is 0.322. The van der Waals surface area contributed by atoms with Crippen molar-refractivity contribution in [1.82, 2.24) is 0 Å². The van der Waals surface area contributed by atoms with Gasteiger partial charge in [0.2, 0.25) is 0 Å². The number of halogens is 2. The summed E-state index contributed by atoms with van der Waals surface area (Å²) in [5.41, 5.74) is -0.526. The maximum atomic E-state index is 13.4. The van der Waals surface area contributed by atoms with Crippen LogP contribution in [0.25, 0.3) is 0 Å². The fourth-order valence-corrected chi connectivity index (χ4v) is 3.84. The van der Waals surface area contributed by atoms with Crippen molar-refractivity contribution in [3.63, 3.8) is 0 Å². The van der Waals surface area contributed by atoms with E-state index >= 15 is 0 Å². The van der Waals surface area contributed by atoms with Gasteiger partial charge < -0.3 is 10.1 Å². The first-order valence-electron chi connectivity index (χ1n) is 7.92. The Balaban J connectivity index is 1.44. The predicted molar refractivity (Wildman–Crippen MR) is 79.5 cm³/mol. The first-order valence-corrected chi connectivity index (χ1v) is 7.92. The molecular weight excluding hydrogens is 304 g/mol. The van der Waals surface area contributed by atoms with Crippen LogP contribution in [-0.2, 0) is 14.3 Å². The fraction of sp³-hybridized carbons (Fsp3) is 0.529. The summed E-state index contributed by atoms with van der Waals surface area (Å²) >= 11 is 0. The molecule has 2 aliphatic carbocycles. The van der Waals surface area contributed by atoms with E-state index in [1.54, 1.807) is 0 Å². The first kappa shape index (κ1) is 15.9. The van der Waals surface area contributed by atoms with Gasteiger partial charge in [0.05, 0.1) is 0 Å². The highest BCUT2D eigenvalue weighted by molar-refractivity contribution is 5.93. The standard InChI is InChI=1S/C17H19F2NO3/c18-13-2-1-3-14(19)17(13)20-15(21)9-23-16(22)8-12-7-10-4-5-11(12)6-10/h1-3,10-12H,4-9H2,(H,20,21)/t10-,11+,12-/m0/s1. The summed E-state index contributed by atoms with van der Waals surface area (Å²) in [6.45, 7) is -0.534. The number of amides is 1. The van der Waals surface area contributed by atoms with Crippen molar-refractivity contribution in [1.29, 1.82) is 0 Å². The van der Waals surface area contributed by atoms with Crippen molar-refractivity contribution >= 4 is 17.6 Å². The van der Waals surface area contributed by atoms with E-state index in [1.165, 1.54) is 25.3 Å². The van der Waals surface area contributed by atoms with E-state index in [9.17, 15) is 18.4 Å². The van der Waals surface area contributed by atoms with Gasteiger partial charge in [-0.1, -0.05) is 12.5 Å². The van der Waals surface area contributed by atoms with E-state index in [-0.39, 0.29) is 0 Å². The van der Waals surface area contributed by atoms with Crippen LogP contribution in [0.4, 0.5) is 14.5 Å². The summed E-state index contributed by atoms with van der Waals surface area (Å²) < 4.78 is 31.7. The Morgan fingerprint density at radius 1 is 1.17 bits per heavy atom. The number of carbonyl (C=O) groups excluding carboxylic acids is 2. The molecule has 4 nitrogen and oxygen atoms in total. The molecule has 0 aromatic heterocycles. The number of esters is 1. The number of rotatable bonds is 5. The van der Waals surface area contributed by atoms with Crippen LogP contribution in [0.15, 0.2) is 18.2 Å². The number of benzene rings is 1. The predicted octanol–water partition coefficient (Wildman–Crippen LogP) is 3.27. The van der Waals surface area contributed by atoms with Gasteiger partial charge in [-0.05, 0) is 49.1 Å². The molecule has 2 bridgehead atoms. The summed E-state index contributed by atoms with van der Waals surface area (Å²) in [7, 11) is 0. The van der Waals surface area contributed by atoms with Crippen molar-refractivity contribution in [2.45, 2.75) is 32.1 Å². The Hall–Kier alpha value is -1.98. The average molecular weight is 323 g/mol. The van der Waals surface area contributed by atoms with Gasteiger partial charge in [0.1, 0.15) is 17.3 Å². The van der Waals surface area contributed by atoms with Crippen molar-refractivity contribution < 1.29 is 23.1 Å². The van der Waals surface area contributed by atoms with E-state index in [0.717, 1.165) is 24.5 Å². The Labute approximate surface area is 133 Å². The van der Waals surface area contributed by atoms with E-state index in [0.29, 0.717) is 18.3 Å². The van der Waals surface area contributed by atoms with Crippen LogP contribution in [0.1, 0.15) is 32.1 Å². The number of ether oxygens (including phenoxy) is 1. The van der Waals surface area contributed by atoms with Crippen LogP contribution in [0.3, 0.4) is 0 Å². The lowest BCUT2D eigenvalue weighted by atomic mass is 9.86. The van der Waals surface area contributed by atoms with Crippen LogP contribution < -0.4 is 5.32 Å². The molecule has 0 saturated heterocycles. The molecule has 6 heteroatoms. The molecule has 2 fully saturated rings. The van der Waals surface area contributed by atoms with Gasteiger partial charge >= 0.3 is 5.97 Å². The molecule has 1 aromatic rings. The lowest BCUT2D eigenvalue weighted by Crippen LogP contribution is -2.24. The largest absolute Gasteiger partial charge is 0.456 e. The minimum atomic E-state index is -0.869. The maximum absolute atomic E-state index is 13.4. The molecule has 0 aliphatic heterocycles. The van der Waals surface area contributed by atoms with Gasteiger partial charge in [-0.2, -0.15) is 0 Å². The van der Waals surface area contributed by atoms with Gasteiger partial charge in [-0.3, -0.25) is 9.59 Å². The average Bonchev–Trinajstić information content (AvgIpc) is 3.12. The topological polar surface area (TPSA) is 55.4 Å². The van der Waals surface area contributed by atoms with Gasteiger partial charge in [0, 0.05) is 6.42 Å². The Bertz CT molecular complexity index is 600. The van der Waals surface area contributed by atoms with E-state index in [1.807, 2.05) is 0 Å². The Kier molecular flexibility index (Phi) is 4.59. The smallest absolute Gasteiger partial charge is 0.306 e. The van der Waals surface area contributed by atoms with Crippen LogP contribution in [0, 0.1) is 29.4 Å². The quantitative estimate of drug-likeness (QED) is 0.846. The second-order valence-electron chi connectivity index (χ2n) is 6.44. The third-order valence-electron chi connectivity index (χ3n) is 4.90. The molecule has 2 saturated carbocycles. The third-order valence-corrected chi connectivity index (χ3v) is 4.90. The van der Waals surface area contributed by atoms with Crippen LogP contribution in [-0.4, -0.2) is 18.5 Å². The number of para-hydroxylation sites is 1. The molecule has 1 amide bonds. The number of anilines is 1. The van der Waals surface area contributed by atoms with E-state index in [2.05, 4.69) is 5.32 Å². The number of carbonyl (C=O) groups is 2. The summed E-state index contributed by atoms with van der Waals surface area (Å²) in [5.74, 6) is -1.22. The molecule has 0 unspecified atom stereocenters. The lowest BCUT2D eigenvalue weighted by molar-refractivity contribution is -0.148. The highest BCUT2D eigenvalue weighted by Gasteiger charge is 2.40. The summed E-state index contributed by atoms with van der Waals surface area (Å²) in [6, 6.07) is 3.29. The normalized spacial score (nSPS) is 25.4. The van der Waals surface area contributed by atoms with Crippen LogP contribution >= 0.6 is 0 Å². The van der Waals surface area contributed by atoms with Crippen molar-refractivity contribution in [3.05, 3.63) is 29.8 Å². The fourth-order valence-electron chi connectivity index (χ4n) is 3.84. The Morgan fingerprint density at radius 3 is 2.52 bits per heavy atom. The molecule has 124 valence electrons. The number of fused-ring (bicyclic) bond motifs is 2. The Morgan fingerprint density at radius 2 is 1.91 bits per heavy atom. The molecule has 0 heterocycles. The molecule has 0 radical (unpaired) electrons. The monoisotopic (exact) mass is 323 g/mol. The number of nitrogens with one attached hydrogen (secondary N) is 1. The highest BCUT2D eigenvalue weighted by atomic mass is 19.1. The first-order chi connectivity index (χ1) is 11.0. The van der Waals surface area contributed by atoms with Crippen LogP contribution in [0.5, 0.6) is 0 Å². The second-order valence-corrected chi connectivity index (χ2v) is 6.44. The minimum Gasteiger partial charge on any atom is -0.456 e. The van der Waals surface area contributed by atoms with Crippen molar-refractivity contribution in [2.75, 3.05) is 11.9 Å². The van der Waals surface area contributed by atoms with Crippen molar-refractivity contribution in [2.24, 2.45) is 17.8 Å². The summed E-state index contributed by atoms with van der Waals surface area (Å²) in [6.07, 6.45) is 5.02. The number of hydrogen-bond acceptors (Lipinski definition) is 3. The number of hydrogen-bond donors (Lipinski definition) is 1. The second kappa shape index (κ2) is 6.64. The van der Waals surface area contributed by atoms with E-state index < -0.39 is 35.8 Å². The summed E-state index contributed by atoms with van der Waals surface area (Å²) in [4.78, 5) is 23.5. The molecule has 1 N–H and O–H groups in total. The SMILES string of the molecule is O=C(COC(=O)C[C@@H]1C[C@H]2CC[C@@H]1C2)Nc1c(F)cccc1F. The van der Waals surface area contributed by atoms with Crippen molar-refractivity contribution in [3.8, 4) is 0 Å². The summed E-state index contributed by atoms with van der Waals surface area (Å²) in [5, 5.41) is 2.09. The van der Waals surface area contributed by atoms with Gasteiger partial charge in [-0.25, -0.2) is 8.78 Å².